The highest BCUT2D eigenvalue weighted by atomic mass is 15.1. The highest BCUT2D eigenvalue weighted by molar-refractivity contribution is 5.78. The number of nitrogens with zero attached hydrogens (tertiary/aromatic N) is 1. The molecule has 2 aromatic carbocycles. The number of benzene rings is 2. The molecule has 0 saturated carbocycles. The molecule has 0 atom stereocenters. The first-order valence-electron chi connectivity index (χ1n) is 6.59. The predicted octanol–water partition coefficient (Wildman–Crippen LogP) is 1.81. The monoisotopic (exact) mass is 245 g/mol. The van der Waals surface area contributed by atoms with Crippen LogP contribution in [0.2, 0.25) is 0 Å². The number of fused-ring (bicyclic) bond motifs is 4. The molecule has 0 unspecified atom stereocenters. The summed E-state index contributed by atoms with van der Waals surface area (Å²) in [6.45, 7) is 0. The quantitative estimate of drug-likeness (QED) is 0.632. The summed E-state index contributed by atoms with van der Waals surface area (Å²) < 4.78 is 0. The zero-order chi connectivity index (χ0) is 13.0. The molecule has 4 rings (SSSR count). The van der Waals surface area contributed by atoms with Crippen molar-refractivity contribution in [3.8, 4) is 0 Å². The Morgan fingerprint density at radius 2 is 1.53 bits per heavy atom. The van der Waals surface area contributed by atoms with Gasteiger partial charge in [-0.1, -0.05) is 36.4 Å². The van der Waals surface area contributed by atoms with Crippen LogP contribution >= 0.6 is 0 Å². The number of allylic oxidation sites excluding steroid dienone is 1. The minimum atomic E-state index is 1.27. The molecule has 0 spiro atoms. The first-order chi connectivity index (χ1) is 9.24. The summed E-state index contributed by atoms with van der Waals surface area (Å²) >= 11 is 0. The lowest BCUT2D eigenvalue weighted by atomic mass is 10.1. The number of hydrogen-bond donors (Lipinski definition) is 0. The third-order valence-electron chi connectivity index (χ3n) is 3.98. The van der Waals surface area contributed by atoms with E-state index in [0.29, 0.717) is 0 Å². The summed E-state index contributed by atoms with van der Waals surface area (Å²) in [4.78, 5) is 2.16. The largest absolute Gasteiger partial charge is 0.378 e. The highest BCUT2D eigenvalue weighted by Crippen LogP contribution is 2.20. The molecule has 0 aliphatic heterocycles. The molecule has 0 amide bonds. The Morgan fingerprint density at radius 3 is 2.37 bits per heavy atom. The van der Waals surface area contributed by atoms with Crippen LogP contribution in [0.1, 0.15) is 11.1 Å². The van der Waals surface area contributed by atoms with Crippen LogP contribution in [0.15, 0.2) is 42.1 Å². The van der Waals surface area contributed by atoms with Crippen LogP contribution in [0.3, 0.4) is 0 Å². The molecule has 0 saturated heterocycles. The van der Waals surface area contributed by atoms with E-state index >= 15 is 0 Å². The van der Waals surface area contributed by atoms with Crippen molar-refractivity contribution >= 4 is 18.2 Å². The van der Waals surface area contributed by atoms with Crippen LogP contribution < -0.4 is 10.4 Å². The van der Waals surface area contributed by atoms with E-state index in [4.69, 9.17) is 0 Å². The lowest BCUT2D eigenvalue weighted by Gasteiger charge is -2.10. The average Bonchev–Trinajstić information content (AvgIpc) is 2.99. The van der Waals surface area contributed by atoms with Gasteiger partial charge < -0.3 is 4.90 Å². The first-order valence-corrected chi connectivity index (χ1v) is 6.59. The Hall–Kier alpha value is -2.28. The van der Waals surface area contributed by atoms with Crippen molar-refractivity contribution in [2.75, 3.05) is 14.1 Å². The molecule has 1 nitrogen and oxygen atoms in total. The maximum atomic E-state index is 2.31. The van der Waals surface area contributed by atoms with Crippen molar-refractivity contribution in [3.63, 3.8) is 0 Å². The summed E-state index contributed by atoms with van der Waals surface area (Å²) in [7, 11) is 4.18. The normalized spacial score (nSPS) is 13.9. The zero-order valence-electron chi connectivity index (χ0n) is 11.1. The van der Waals surface area contributed by atoms with Gasteiger partial charge in [0, 0.05) is 19.8 Å². The minimum Gasteiger partial charge on any atom is -0.378 e. The van der Waals surface area contributed by atoms with Gasteiger partial charge in [-0.25, -0.2) is 0 Å². The molecule has 19 heavy (non-hydrogen) atoms. The highest BCUT2D eigenvalue weighted by Gasteiger charge is 2.12. The van der Waals surface area contributed by atoms with Crippen LogP contribution in [0, 0.1) is 10.4 Å². The Balaban J connectivity index is 2.12. The summed E-state index contributed by atoms with van der Waals surface area (Å²) in [6, 6.07) is 13.1. The van der Waals surface area contributed by atoms with Gasteiger partial charge in [0.1, 0.15) is 0 Å². The summed E-state index contributed by atoms with van der Waals surface area (Å²) in [6.07, 6.45) is 6.86. The second-order valence-electron chi connectivity index (χ2n) is 5.37. The van der Waals surface area contributed by atoms with Gasteiger partial charge in [0.05, 0.1) is 0 Å². The smallest absolute Gasteiger partial charge is 0.0373 e. The minimum absolute atomic E-state index is 1.27. The van der Waals surface area contributed by atoms with E-state index in [9.17, 15) is 0 Å². The Morgan fingerprint density at radius 1 is 0.684 bits per heavy atom. The van der Waals surface area contributed by atoms with E-state index in [2.05, 4.69) is 73.6 Å². The molecule has 2 aliphatic rings. The molecule has 0 bridgehead atoms. The van der Waals surface area contributed by atoms with E-state index in [1.54, 1.807) is 0 Å². The second-order valence-corrected chi connectivity index (χ2v) is 5.37. The van der Waals surface area contributed by atoms with Crippen molar-refractivity contribution in [2.45, 2.75) is 0 Å². The maximum Gasteiger partial charge on any atom is 0.0373 e. The van der Waals surface area contributed by atoms with Crippen LogP contribution in [-0.2, 0) is 0 Å². The SMILES string of the molecule is CN(C)C1=Cc2c3c(ccc2=C1)=c1ccccc1=C3. The Labute approximate surface area is 112 Å². The van der Waals surface area contributed by atoms with E-state index < -0.39 is 0 Å². The molecule has 0 aromatic heterocycles. The summed E-state index contributed by atoms with van der Waals surface area (Å²) in [5, 5.41) is 5.37. The predicted molar refractivity (Wildman–Crippen MR) is 79.5 cm³/mol. The molecule has 0 fully saturated rings. The molecule has 2 aliphatic carbocycles. The fourth-order valence-corrected chi connectivity index (χ4v) is 2.96. The fraction of sp³-hybridized carbons (Fsp3) is 0.111. The third-order valence-corrected chi connectivity index (χ3v) is 3.98. The van der Waals surface area contributed by atoms with Gasteiger partial charge in [0.25, 0.3) is 0 Å². The molecule has 0 radical (unpaired) electrons. The molecule has 0 heterocycles. The van der Waals surface area contributed by atoms with E-state index in [0.717, 1.165) is 0 Å². The van der Waals surface area contributed by atoms with Gasteiger partial charge >= 0.3 is 0 Å². The molecule has 92 valence electrons. The van der Waals surface area contributed by atoms with Gasteiger partial charge in [-0.05, 0) is 50.2 Å². The van der Waals surface area contributed by atoms with Crippen LogP contribution in [0.5, 0.6) is 0 Å². The van der Waals surface area contributed by atoms with Gasteiger partial charge in [-0.15, -0.1) is 0 Å². The van der Waals surface area contributed by atoms with Crippen molar-refractivity contribution in [2.24, 2.45) is 0 Å². The van der Waals surface area contributed by atoms with Crippen LogP contribution in [0.25, 0.3) is 18.2 Å². The Bertz CT molecular complexity index is 931. The lowest BCUT2D eigenvalue weighted by molar-refractivity contribution is 0.543. The van der Waals surface area contributed by atoms with Crippen molar-refractivity contribution in [1.29, 1.82) is 0 Å². The van der Waals surface area contributed by atoms with Crippen molar-refractivity contribution in [3.05, 3.63) is 74.1 Å². The number of rotatable bonds is 1. The molecule has 2 aromatic rings. The van der Waals surface area contributed by atoms with Crippen molar-refractivity contribution < 1.29 is 0 Å². The van der Waals surface area contributed by atoms with E-state index in [-0.39, 0.29) is 0 Å². The molecular formula is C18H15N. The molecule has 0 N–H and O–H groups in total. The molecular weight excluding hydrogens is 230 g/mol. The van der Waals surface area contributed by atoms with E-state index in [1.165, 1.54) is 37.7 Å². The van der Waals surface area contributed by atoms with Gasteiger partial charge in [-0.3, -0.25) is 0 Å². The topological polar surface area (TPSA) is 3.24 Å². The third kappa shape index (κ3) is 1.42. The van der Waals surface area contributed by atoms with Crippen LogP contribution in [0.4, 0.5) is 0 Å². The molecule has 1 heteroatoms. The van der Waals surface area contributed by atoms with Gasteiger partial charge in [0.15, 0.2) is 0 Å². The average molecular weight is 245 g/mol. The number of hydrogen-bond acceptors (Lipinski definition) is 1. The maximum absolute atomic E-state index is 2.31. The van der Waals surface area contributed by atoms with Gasteiger partial charge in [-0.2, -0.15) is 0 Å². The van der Waals surface area contributed by atoms with Crippen molar-refractivity contribution in [1.82, 2.24) is 4.90 Å². The Kier molecular flexibility index (Phi) is 2.02. The second kappa shape index (κ2) is 3.61. The zero-order valence-corrected chi connectivity index (χ0v) is 11.1. The first kappa shape index (κ1) is 10.6. The summed E-state index contributed by atoms with van der Waals surface area (Å²) in [5.74, 6) is 0. The standard InChI is InChI=1S/C18H15N/c1-19(2)14-9-13-7-8-16-15-6-4-3-5-12(15)10-18(16)17(13)11-14/h3-11H,1-2H3. The fourth-order valence-electron chi connectivity index (χ4n) is 2.96. The lowest BCUT2D eigenvalue weighted by Crippen LogP contribution is -2.08. The van der Waals surface area contributed by atoms with Gasteiger partial charge in [0.2, 0.25) is 0 Å². The van der Waals surface area contributed by atoms with Crippen LogP contribution in [-0.4, -0.2) is 19.0 Å². The van der Waals surface area contributed by atoms with E-state index in [1.807, 2.05) is 0 Å². The summed E-state index contributed by atoms with van der Waals surface area (Å²) in [5.41, 5.74) is 4.00.